The number of fused-ring (bicyclic) bond motifs is 3. The number of carbonyl (C=O) groups is 1. The summed E-state index contributed by atoms with van der Waals surface area (Å²) in [6, 6.07) is 13.6. The van der Waals surface area contributed by atoms with E-state index in [1.54, 1.807) is 0 Å². The summed E-state index contributed by atoms with van der Waals surface area (Å²) in [4.78, 5) is 15.1. The molecule has 0 bridgehead atoms. The largest absolute Gasteiger partial charge is 0.351 e. The van der Waals surface area contributed by atoms with Crippen LogP contribution in [0.25, 0.3) is 11.1 Å². The van der Waals surface area contributed by atoms with Gasteiger partial charge in [-0.25, -0.2) is 0 Å². The maximum atomic E-state index is 12.7. The Kier molecular flexibility index (Phi) is 4.36. The first-order chi connectivity index (χ1) is 12.3. The number of rotatable bonds is 4. The van der Waals surface area contributed by atoms with Gasteiger partial charge in [0.15, 0.2) is 0 Å². The molecule has 0 radical (unpaired) electrons. The molecule has 2 aromatic rings. The molecule has 0 atom stereocenters. The van der Waals surface area contributed by atoms with E-state index >= 15 is 0 Å². The van der Waals surface area contributed by atoms with Crippen molar-refractivity contribution in [1.29, 1.82) is 5.41 Å². The molecule has 0 spiro atoms. The van der Waals surface area contributed by atoms with Gasteiger partial charge in [-0.2, -0.15) is 0 Å². The first-order valence-electron chi connectivity index (χ1n) is 9.08. The molecule has 25 heavy (non-hydrogen) atoms. The fourth-order valence-corrected chi connectivity index (χ4v) is 3.91. The summed E-state index contributed by atoms with van der Waals surface area (Å²) >= 11 is 0. The van der Waals surface area contributed by atoms with E-state index in [2.05, 4.69) is 10.2 Å². The molecule has 1 heterocycles. The van der Waals surface area contributed by atoms with Crippen LogP contribution >= 0.6 is 0 Å². The van der Waals surface area contributed by atoms with Crippen LogP contribution in [0.2, 0.25) is 0 Å². The summed E-state index contributed by atoms with van der Waals surface area (Å²) in [5.41, 5.74) is 4.77. The summed E-state index contributed by atoms with van der Waals surface area (Å²) in [5, 5.41) is 11.5. The molecule has 4 nitrogen and oxygen atoms in total. The molecule has 128 valence electrons. The second-order valence-corrected chi connectivity index (χ2v) is 6.81. The lowest BCUT2D eigenvalue weighted by Crippen LogP contribution is -2.37. The van der Waals surface area contributed by atoms with E-state index < -0.39 is 0 Å². The van der Waals surface area contributed by atoms with Crippen LogP contribution in [0.4, 0.5) is 0 Å². The highest BCUT2D eigenvalue weighted by atomic mass is 16.1. The average Bonchev–Trinajstić information content (AvgIpc) is 2.96. The lowest BCUT2D eigenvalue weighted by molar-refractivity contribution is 0.0946. The second kappa shape index (κ2) is 6.81. The number of likely N-dealkylation sites (tertiary alicyclic amines) is 1. The molecule has 1 amide bonds. The third-order valence-electron chi connectivity index (χ3n) is 5.21. The number of amides is 1. The number of carbonyl (C=O) groups excluding carboxylic acids is 1. The van der Waals surface area contributed by atoms with Crippen LogP contribution in [0.1, 0.15) is 40.7 Å². The van der Waals surface area contributed by atoms with Crippen molar-refractivity contribution in [2.45, 2.75) is 19.3 Å². The number of hydrogen-bond donors (Lipinski definition) is 2. The van der Waals surface area contributed by atoms with E-state index in [9.17, 15) is 4.79 Å². The first-order valence-corrected chi connectivity index (χ1v) is 9.08. The number of piperidine rings is 1. The van der Waals surface area contributed by atoms with Gasteiger partial charge in [0.2, 0.25) is 0 Å². The lowest BCUT2D eigenvalue weighted by atomic mass is 10.00. The highest BCUT2D eigenvalue weighted by Gasteiger charge is 2.27. The topological polar surface area (TPSA) is 56.2 Å². The minimum Gasteiger partial charge on any atom is -0.351 e. The van der Waals surface area contributed by atoms with Gasteiger partial charge < -0.3 is 10.2 Å². The van der Waals surface area contributed by atoms with Crippen LogP contribution in [0.15, 0.2) is 42.5 Å². The van der Waals surface area contributed by atoms with Gasteiger partial charge in [-0.05, 0) is 43.1 Å². The quantitative estimate of drug-likeness (QED) is 0.770. The molecule has 2 aliphatic rings. The van der Waals surface area contributed by atoms with Gasteiger partial charge in [-0.3, -0.25) is 10.2 Å². The molecule has 1 fully saturated rings. The van der Waals surface area contributed by atoms with Crippen LogP contribution in [0.3, 0.4) is 0 Å². The Labute approximate surface area is 148 Å². The van der Waals surface area contributed by atoms with Gasteiger partial charge in [-0.1, -0.05) is 42.8 Å². The Bertz CT molecular complexity index is 822. The zero-order valence-electron chi connectivity index (χ0n) is 14.3. The zero-order valence-corrected chi connectivity index (χ0v) is 14.3. The molecular formula is C21H23N3O. The summed E-state index contributed by atoms with van der Waals surface area (Å²) in [7, 11) is 0. The third-order valence-corrected chi connectivity index (χ3v) is 5.21. The first kappa shape index (κ1) is 16.0. The second-order valence-electron chi connectivity index (χ2n) is 6.81. The molecule has 0 aromatic heterocycles. The zero-order chi connectivity index (χ0) is 17.2. The molecule has 4 heteroatoms. The molecule has 1 saturated heterocycles. The van der Waals surface area contributed by atoms with E-state index in [0.29, 0.717) is 17.8 Å². The maximum absolute atomic E-state index is 12.7. The van der Waals surface area contributed by atoms with Crippen LogP contribution in [0, 0.1) is 5.41 Å². The molecule has 0 saturated carbocycles. The Balaban J connectivity index is 1.50. The van der Waals surface area contributed by atoms with Crippen molar-refractivity contribution < 1.29 is 4.79 Å². The predicted molar refractivity (Wildman–Crippen MR) is 100 cm³/mol. The Hall–Kier alpha value is -2.46. The van der Waals surface area contributed by atoms with Crippen molar-refractivity contribution in [2.75, 3.05) is 26.2 Å². The van der Waals surface area contributed by atoms with Gasteiger partial charge in [0.1, 0.15) is 0 Å². The Morgan fingerprint density at radius 2 is 1.68 bits per heavy atom. The van der Waals surface area contributed by atoms with Gasteiger partial charge in [0.25, 0.3) is 5.91 Å². The highest BCUT2D eigenvalue weighted by molar-refractivity contribution is 6.26. The standard InChI is InChI=1S/C21H23N3O/c22-20-17-8-3-2-7-15(17)16-9-6-10-18(19(16)20)21(25)23-11-14-24-12-4-1-5-13-24/h2-3,6-10,22H,1,4-5,11-14H2,(H,23,25). The molecule has 2 aromatic carbocycles. The molecule has 0 unspecified atom stereocenters. The summed E-state index contributed by atoms with van der Waals surface area (Å²) in [6.45, 7) is 3.83. The van der Waals surface area contributed by atoms with E-state index in [1.807, 2.05) is 42.5 Å². The smallest absolute Gasteiger partial charge is 0.252 e. The van der Waals surface area contributed by atoms with Gasteiger partial charge in [0.05, 0.1) is 5.71 Å². The fourth-order valence-electron chi connectivity index (χ4n) is 3.91. The molecule has 2 N–H and O–H groups in total. The third kappa shape index (κ3) is 2.98. The van der Waals surface area contributed by atoms with E-state index in [-0.39, 0.29) is 5.91 Å². The van der Waals surface area contributed by atoms with Crippen molar-refractivity contribution in [1.82, 2.24) is 10.2 Å². The van der Waals surface area contributed by atoms with Crippen molar-refractivity contribution in [3.8, 4) is 11.1 Å². The van der Waals surface area contributed by atoms with Crippen LogP contribution < -0.4 is 5.32 Å². The molecule has 1 aliphatic carbocycles. The van der Waals surface area contributed by atoms with Crippen molar-refractivity contribution in [3.05, 3.63) is 59.2 Å². The van der Waals surface area contributed by atoms with Crippen LogP contribution in [-0.4, -0.2) is 42.7 Å². The predicted octanol–water partition coefficient (Wildman–Crippen LogP) is 3.30. The minimum absolute atomic E-state index is 0.0774. The minimum atomic E-state index is -0.0774. The van der Waals surface area contributed by atoms with Gasteiger partial charge in [0, 0.05) is 29.8 Å². The summed E-state index contributed by atoms with van der Waals surface area (Å²) < 4.78 is 0. The van der Waals surface area contributed by atoms with Gasteiger partial charge in [-0.15, -0.1) is 0 Å². The summed E-state index contributed by atoms with van der Waals surface area (Å²) in [6.07, 6.45) is 3.84. The maximum Gasteiger partial charge on any atom is 0.252 e. The van der Waals surface area contributed by atoms with E-state index in [1.165, 1.54) is 19.3 Å². The van der Waals surface area contributed by atoms with Crippen LogP contribution in [0.5, 0.6) is 0 Å². The van der Waals surface area contributed by atoms with Crippen molar-refractivity contribution in [2.24, 2.45) is 0 Å². The SMILES string of the molecule is N=C1c2ccccc2-c2cccc(C(=O)NCCN3CCCCC3)c21. The lowest BCUT2D eigenvalue weighted by Gasteiger charge is -2.26. The fraction of sp³-hybridized carbons (Fsp3) is 0.333. The normalized spacial score (nSPS) is 16.4. The van der Waals surface area contributed by atoms with Crippen molar-refractivity contribution in [3.63, 3.8) is 0 Å². The molecular weight excluding hydrogens is 310 g/mol. The van der Waals surface area contributed by atoms with E-state index in [0.717, 1.165) is 41.9 Å². The average molecular weight is 333 g/mol. The monoisotopic (exact) mass is 333 g/mol. The Morgan fingerprint density at radius 1 is 0.960 bits per heavy atom. The summed E-state index contributed by atoms with van der Waals surface area (Å²) in [5.74, 6) is -0.0774. The molecule has 1 aliphatic heterocycles. The number of nitrogens with one attached hydrogen (secondary N) is 2. The van der Waals surface area contributed by atoms with Gasteiger partial charge >= 0.3 is 0 Å². The Morgan fingerprint density at radius 3 is 2.48 bits per heavy atom. The van der Waals surface area contributed by atoms with Crippen LogP contribution in [-0.2, 0) is 0 Å². The van der Waals surface area contributed by atoms with E-state index in [4.69, 9.17) is 5.41 Å². The number of benzene rings is 2. The highest BCUT2D eigenvalue weighted by Crippen LogP contribution is 2.37. The van der Waals surface area contributed by atoms with Crippen molar-refractivity contribution >= 4 is 11.6 Å². The number of nitrogens with zero attached hydrogens (tertiary/aromatic N) is 1. The number of hydrogen-bond acceptors (Lipinski definition) is 3. The molecule has 4 rings (SSSR count).